The lowest BCUT2D eigenvalue weighted by Gasteiger charge is -2.31. The lowest BCUT2D eigenvalue weighted by molar-refractivity contribution is 0.161. The molecule has 0 aromatic heterocycles. The fraction of sp³-hybridized carbons (Fsp3) is 1.00. The first-order chi connectivity index (χ1) is 8.97. The summed E-state index contributed by atoms with van der Waals surface area (Å²) in [7, 11) is 4.32. The quantitative estimate of drug-likeness (QED) is 0.551. The Balaban J connectivity index is 3.96. The number of nitrogens with zero attached hydrogens (tertiary/aromatic N) is 2. The molecule has 0 bridgehead atoms. The SMILES string of the molecule is CCCNCCCC(C)N(CCN(C)C)CC(C)C. The van der Waals surface area contributed by atoms with E-state index in [2.05, 4.69) is 56.9 Å². The van der Waals surface area contributed by atoms with Gasteiger partial charge in [-0.15, -0.1) is 0 Å². The molecule has 116 valence electrons. The Morgan fingerprint density at radius 1 is 1.00 bits per heavy atom. The van der Waals surface area contributed by atoms with Crippen molar-refractivity contribution in [1.29, 1.82) is 0 Å². The third-order valence-electron chi connectivity index (χ3n) is 3.46. The minimum absolute atomic E-state index is 0.700. The van der Waals surface area contributed by atoms with Crippen LogP contribution in [-0.2, 0) is 0 Å². The Morgan fingerprint density at radius 2 is 1.68 bits per heavy atom. The van der Waals surface area contributed by atoms with Crippen molar-refractivity contribution in [3.63, 3.8) is 0 Å². The van der Waals surface area contributed by atoms with Gasteiger partial charge in [-0.2, -0.15) is 0 Å². The zero-order valence-corrected chi connectivity index (χ0v) is 14.2. The maximum atomic E-state index is 3.49. The summed E-state index contributed by atoms with van der Waals surface area (Å²) in [6.45, 7) is 15.1. The smallest absolute Gasteiger partial charge is 0.0112 e. The standard InChI is InChI=1S/C16H37N3/c1-7-10-17-11-8-9-16(4)19(14-15(2)3)13-12-18(5)6/h15-17H,7-14H2,1-6H3. The molecule has 0 aromatic rings. The molecule has 0 aliphatic carbocycles. The summed E-state index contributed by atoms with van der Waals surface area (Å²) in [5.74, 6) is 0.753. The Bertz CT molecular complexity index is 192. The van der Waals surface area contributed by atoms with Gasteiger partial charge >= 0.3 is 0 Å². The first-order valence-corrected chi connectivity index (χ1v) is 8.06. The third kappa shape index (κ3) is 11.4. The van der Waals surface area contributed by atoms with Crippen LogP contribution in [0.25, 0.3) is 0 Å². The van der Waals surface area contributed by atoms with E-state index in [-0.39, 0.29) is 0 Å². The van der Waals surface area contributed by atoms with E-state index in [4.69, 9.17) is 0 Å². The Morgan fingerprint density at radius 3 is 2.21 bits per heavy atom. The third-order valence-corrected chi connectivity index (χ3v) is 3.46. The maximum absolute atomic E-state index is 3.49. The van der Waals surface area contributed by atoms with E-state index in [0.717, 1.165) is 19.0 Å². The number of rotatable bonds is 12. The summed E-state index contributed by atoms with van der Waals surface area (Å²) in [5.41, 5.74) is 0. The van der Waals surface area contributed by atoms with E-state index in [9.17, 15) is 0 Å². The van der Waals surface area contributed by atoms with Crippen LogP contribution in [0.3, 0.4) is 0 Å². The van der Waals surface area contributed by atoms with Gasteiger partial charge in [-0.05, 0) is 59.3 Å². The summed E-state index contributed by atoms with van der Waals surface area (Å²) in [6, 6.07) is 0.700. The van der Waals surface area contributed by atoms with Crippen LogP contribution in [0.15, 0.2) is 0 Å². The van der Waals surface area contributed by atoms with Gasteiger partial charge in [0.2, 0.25) is 0 Å². The van der Waals surface area contributed by atoms with E-state index < -0.39 is 0 Å². The van der Waals surface area contributed by atoms with E-state index in [0.29, 0.717) is 6.04 Å². The number of nitrogens with one attached hydrogen (secondary N) is 1. The Kier molecular flexibility index (Phi) is 11.6. The molecule has 3 heteroatoms. The number of hydrogen-bond acceptors (Lipinski definition) is 3. The van der Waals surface area contributed by atoms with Crippen LogP contribution in [-0.4, -0.2) is 62.7 Å². The van der Waals surface area contributed by atoms with Crippen molar-refractivity contribution in [3.05, 3.63) is 0 Å². The van der Waals surface area contributed by atoms with E-state index in [1.165, 1.54) is 38.9 Å². The molecule has 0 fully saturated rings. The normalized spacial score (nSPS) is 13.7. The predicted molar refractivity (Wildman–Crippen MR) is 86.8 cm³/mol. The molecule has 1 unspecified atom stereocenters. The van der Waals surface area contributed by atoms with E-state index in [1.807, 2.05) is 0 Å². The monoisotopic (exact) mass is 271 g/mol. The second kappa shape index (κ2) is 11.7. The molecule has 19 heavy (non-hydrogen) atoms. The van der Waals surface area contributed by atoms with Crippen molar-refractivity contribution in [2.45, 2.75) is 53.0 Å². The molecule has 0 amide bonds. The largest absolute Gasteiger partial charge is 0.317 e. The van der Waals surface area contributed by atoms with Gasteiger partial charge in [0.05, 0.1) is 0 Å². The molecule has 0 spiro atoms. The number of likely N-dealkylation sites (N-methyl/N-ethyl adjacent to an activating group) is 1. The molecule has 0 heterocycles. The van der Waals surface area contributed by atoms with Gasteiger partial charge in [-0.1, -0.05) is 20.8 Å². The van der Waals surface area contributed by atoms with Crippen LogP contribution >= 0.6 is 0 Å². The summed E-state index contributed by atoms with van der Waals surface area (Å²) < 4.78 is 0. The first kappa shape index (κ1) is 18.9. The molecule has 0 saturated heterocycles. The molecule has 0 radical (unpaired) electrons. The highest BCUT2D eigenvalue weighted by atomic mass is 15.2. The first-order valence-electron chi connectivity index (χ1n) is 8.06. The molecule has 0 rings (SSSR count). The van der Waals surface area contributed by atoms with Crippen molar-refractivity contribution in [3.8, 4) is 0 Å². The Labute approximate surface area is 121 Å². The van der Waals surface area contributed by atoms with Crippen molar-refractivity contribution < 1.29 is 0 Å². The van der Waals surface area contributed by atoms with Crippen LogP contribution in [0.4, 0.5) is 0 Å². The molecule has 0 aliphatic rings. The van der Waals surface area contributed by atoms with Crippen molar-refractivity contribution in [2.75, 3.05) is 46.8 Å². The Hall–Kier alpha value is -0.120. The minimum Gasteiger partial charge on any atom is -0.317 e. The number of hydrogen-bond donors (Lipinski definition) is 1. The topological polar surface area (TPSA) is 18.5 Å². The fourth-order valence-corrected chi connectivity index (χ4v) is 2.30. The highest BCUT2D eigenvalue weighted by Gasteiger charge is 2.14. The molecule has 1 atom stereocenters. The van der Waals surface area contributed by atoms with Crippen LogP contribution in [0.1, 0.15) is 47.0 Å². The van der Waals surface area contributed by atoms with Gasteiger partial charge in [0.1, 0.15) is 0 Å². The van der Waals surface area contributed by atoms with Crippen LogP contribution < -0.4 is 5.32 Å². The maximum Gasteiger partial charge on any atom is 0.0112 e. The molecular formula is C16H37N3. The van der Waals surface area contributed by atoms with Crippen LogP contribution in [0.2, 0.25) is 0 Å². The predicted octanol–water partition coefficient (Wildman–Crippen LogP) is 2.67. The molecular weight excluding hydrogens is 234 g/mol. The van der Waals surface area contributed by atoms with Crippen LogP contribution in [0.5, 0.6) is 0 Å². The fourth-order valence-electron chi connectivity index (χ4n) is 2.30. The second-order valence-corrected chi connectivity index (χ2v) is 6.43. The highest BCUT2D eigenvalue weighted by Crippen LogP contribution is 2.09. The molecule has 0 saturated carbocycles. The van der Waals surface area contributed by atoms with Gasteiger partial charge in [0, 0.05) is 25.7 Å². The zero-order chi connectivity index (χ0) is 14.7. The van der Waals surface area contributed by atoms with Crippen molar-refractivity contribution in [1.82, 2.24) is 15.1 Å². The summed E-state index contributed by atoms with van der Waals surface area (Å²) in [4.78, 5) is 4.94. The van der Waals surface area contributed by atoms with Gasteiger partial charge in [-0.3, -0.25) is 4.90 Å². The zero-order valence-electron chi connectivity index (χ0n) is 14.2. The van der Waals surface area contributed by atoms with Crippen molar-refractivity contribution in [2.24, 2.45) is 5.92 Å². The van der Waals surface area contributed by atoms with E-state index in [1.54, 1.807) is 0 Å². The minimum atomic E-state index is 0.700. The average Bonchev–Trinajstić information content (AvgIpc) is 2.33. The van der Waals surface area contributed by atoms with Crippen LogP contribution in [0, 0.1) is 5.92 Å². The van der Waals surface area contributed by atoms with Gasteiger partial charge in [0.25, 0.3) is 0 Å². The molecule has 1 N–H and O–H groups in total. The lowest BCUT2D eigenvalue weighted by Crippen LogP contribution is -2.40. The summed E-state index contributed by atoms with van der Waals surface area (Å²) in [5, 5.41) is 3.49. The van der Waals surface area contributed by atoms with Gasteiger partial charge < -0.3 is 10.2 Å². The van der Waals surface area contributed by atoms with E-state index >= 15 is 0 Å². The van der Waals surface area contributed by atoms with Crippen molar-refractivity contribution >= 4 is 0 Å². The van der Waals surface area contributed by atoms with Gasteiger partial charge in [0.15, 0.2) is 0 Å². The molecule has 0 aromatic carbocycles. The lowest BCUT2D eigenvalue weighted by atomic mass is 10.1. The van der Waals surface area contributed by atoms with Gasteiger partial charge in [-0.25, -0.2) is 0 Å². The summed E-state index contributed by atoms with van der Waals surface area (Å²) >= 11 is 0. The summed E-state index contributed by atoms with van der Waals surface area (Å²) in [6.07, 6.45) is 3.83. The average molecular weight is 271 g/mol. The molecule has 3 nitrogen and oxygen atoms in total. The second-order valence-electron chi connectivity index (χ2n) is 6.43. The molecule has 0 aliphatic heterocycles. The highest BCUT2D eigenvalue weighted by molar-refractivity contribution is 4.70.